The molecule has 0 radical (unpaired) electrons. The van der Waals surface area contributed by atoms with Gasteiger partial charge in [-0.1, -0.05) is 22.9 Å². The van der Waals surface area contributed by atoms with E-state index in [1.165, 1.54) is 6.07 Å². The molecule has 2 N–H and O–H groups in total. The first-order chi connectivity index (χ1) is 9.88. The van der Waals surface area contributed by atoms with Crippen LogP contribution in [0.1, 0.15) is 17.3 Å². The van der Waals surface area contributed by atoms with E-state index in [-0.39, 0.29) is 17.3 Å². The number of carboxylic acids is 1. The summed E-state index contributed by atoms with van der Waals surface area (Å²) in [5.74, 6) is -0.197. The highest BCUT2D eigenvalue weighted by molar-refractivity contribution is 9.11. The van der Waals surface area contributed by atoms with Crippen molar-refractivity contribution in [2.24, 2.45) is 0 Å². The molecule has 21 heavy (non-hydrogen) atoms. The third kappa shape index (κ3) is 4.14. The maximum Gasteiger partial charge on any atom is 0.337 e. The number of hydrogen-bond acceptors (Lipinski definition) is 3. The first kappa shape index (κ1) is 16.6. The number of thioether (sulfide) groups is 1. The summed E-state index contributed by atoms with van der Waals surface area (Å²) in [6.45, 7) is 3.40. The lowest BCUT2D eigenvalue weighted by atomic mass is 10.2. The molecule has 1 aromatic rings. The van der Waals surface area contributed by atoms with Crippen molar-refractivity contribution < 1.29 is 14.7 Å². The number of carboxylic acid groups (broad SMARTS) is 1. The average molecular weight is 438 g/mol. The van der Waals surface area contributed by atoms with E-state index in [4.69, 9.17) is 0 Å². The lowest BCUT2D eigenvalue weighted by molar-refractivity contribution is 0.0698. The number of carbonyl (C=O) groups excluding carboxylic acids is 1. The van der Waals surface area contributed by atoms with Crippen LogP contribution in [0, 0.1) is 0 Å². The fourth-order valence-electron chi connectivity index (χ4n) is 2.06. The van der Waals surface area contributed by atoms with Gasteiger partial charge in [0.2, 0.25) is 0 Å². The summed E-state index contributed by atoms with van der Waals surface area (Å²) >= 11 is 8.37. The maximum atomic E-state index is 12.3. The summed E-state index contributed by atoms with van der Waals surface area (Å²) in [7, 11) is 0. The van der Waals surface area contributed by atoms with Crippen LogP contribution in [0.5, 0.6) is 0 Å². The van der Waals surface area contributed by atoms with Gasteiger partial charge in [0.15, 0.2) is 0 Å². The van der Waals surface area contributed by atoms with Crippen LogP contribution in [0.4, 0.5) is 10.5 Å². The monoisotopic (exact) mass is 436 g/mol. The van der Waals surface area contributed by atoms with Gasteiger partial charge in [-0.25, -0.2) is 9.59 Å². The number of anilines is 1. The number of aromatic carboxylic acids is 1. The van der Waals surface area contributed by atoms with Crippen molar-refractivity contribution in [1.29, 1.82) is 0 Å². The van der Waals surface area contributed by atoms with Gasteiger partial charge >= 0.3 is 12.0 Å². The second kappa shape index (κ2) is 7.02. The van der Waals surface area contributed by atoms with Crippen molar-refractivity contribution in [3.05, 3.63) is 26.6 Å². The lowest BCUT2D eigenvalue weighted by Crippen LogP contribution is -2.43. The minimum Gasteiger partial charge on any atom is -0.478 e. The van der Waals surface area contributed by atoms with E-state index < -0.39 is 5.97 Å². The Morgan fingerprint density at radius 1 is 1.43 bits per heavy atom. The van der Waals surface area contributed by atoms with Gasteiger partial charge in [-0.2, -0.15) is 11.8 Å². The first-order valence-corrected chi connectivity index (χ1v) is 8.92. The molecule has 0 spiro atoms. The Balaban J connectivity index is 2.22. The van der Waals surface area contributed by atoms with Crippen molar-refractivity contribution in [2.45, 2.75) is 12.2 Å². The van der Waals surface area contributed by atoms with Gasteiger partial charge < -0.3 is 15.3 Å². The molecule has 0 saturated carbocycles. The van der Waals surface area contributed by atoms with E-state index in [9.17, 15) is 14.7 Å². The molecule has 8 heteroatoms. The Kier molecular flexibility index (Phi) is 5.56. The molecule has 1 unspecified atom stereocenters. The number of halogens is 2. The van der Waals surface area contributed by atoms with Crippen molar-refractivity contribution in [2.75, 3.05) is 24.2 Å². The second-order valence-electron chi connectivity index (χ2n) is 4.67. The number of nitrogens with zero attached hydrogens (tertiary/aromatic N) is 1. The van der Waals surface area contributed by atoms with E-state index in [0.29, 0.717) is 27.3 Å². The minimum atomic E-state index is -1.09. The second-order valence-corrected chi connectivity index (χ2v) is 7.99. The summed E-state index contributed by atoms with van der Waals surface area (Å²) in [5.41, 5.74) is 0.325. The SMILES string of the molecule is CC1CN(C(=O)Nc2c(Br)cc(Br)cc2C(=O)O)CCS1. The summed E-state index contributed by atoms with van der Waals surface area (Å²) in [6.07, 6.45) is 0. The standard InChI is InChI=1S/C13H14Br2N2O3S/c1-7-6-17(2-3-21-7)13(20)16-11-9(12(18)19)4-8(14)5-10(11)15/h4-5,7H,2-3,6H2,1H3,(H,16,20)(H,18,19). The molecular formula is C13H14Br2N2O3S. The fraction of sp³-hybridized carbons (Fsp3) is 0.385. The Labute approximate surface area is 143 Å². The third-order valence-electron chi connectivity index (χ3n) is 3.05. The highest BCUT2D eigenvalue weighted by Crippen LogP contribution is 2.31. The van der Waals surface area contributed by atoms with Crippen molar-refractivity contribution >= 4 is 61.3 Å². The summed E-state index contributed by atoms with van der Waals surface area (Å²) < 4.78 is 1.16. The molecule has 5 nitrogen and oxygen atoms in total. The van der Waals surface area contributed by atoms with Crippen LogP contribution in [0.3, 0.4) is 0 Å². The Bertz CT molecular complexity index is 583. The van der Waals surface area contributed by atoms with E-state index >= 15 is 0 Å². The topological polar surface area (TPSA) is 69.6 Å². The molecule has 1 aromatic carbocycles. The van der Waals surface area contributed by atoms with Gasteiger partial charge in [0, 0.05) is 33.0 Å². The molecule has 1 saturated heterocycles. The lowest BCUT2D eigenvalue weighted by Gasteiger charge is -2.30. The summed E-state index contributed by atoms with van der Waals surface area (Å²) in [4.78, 5) is 25.3. The van der Waals surface area contributed by atoms with Crippen molar-refractivity contribution in [3.8, 4) is 0 Å². The number of urea groups is 1. The number of rotatable bonds is 2. The van der Waals surface area contributed by atoms with Gasteiger partial charge in [-0.15, -0.1) is 0 Å². The predicted molar refractivity (Wildman–Crippen MR) is 91.3 cm³/mol. The largest absolute Gasteiger partial charge is 0.478 e. The number of amides is 2. The average Bonchev–Trinajstić information content (AvgIpc) is 2.41. The first-order valence-electron chi connectivity index (χ1n) is 6.28. The van der Waals surface area contributed by atoms with Crippen LogP contribution in [-0.2, 0) is 0 Å². The van der Waals surface area contributed by atoms with Crippen LogP contribution in [0.25, 0.3) is 0 Å². The maximum absolute atomic E-state index is 12.3. The highest BCUT2D eigenvalue weighted by atomic mass is 79.9. The van der Waals surface area contributed by atoms with Crippen molar-refractivity contribution in [3.63, 3.8) is 0 Å². The Morgan fingerprint density at radius 2 is 2.14 bits per heavy atom. The molecule has 0 aliphatic carbocycles. The molecule has 114 valence electrons. The van der Waals surface area contributed by atoms with Crippen LogP contribution < -0.4 is 5.32 Å². The summed E-state index contributed by atoms with van der Waals surface area (Å²) in [6, 6.07) is 2.90. The van der Waals surface area contributed by atoms with Gasteiger partial charge in [0.25, 0.3) is 0 Å². The molecule has 1 aliphatic rings. The Morgan fingerprint density at radius 3 is 2.76 bits per heavy atom. The molecule has 2 amide bonds. The van der Waals surface area contributed by atoms with Crippen LogP contribution in [0.15, 0.2) is 21.1 Å². The molecule has 2 rings (SSSR count). The Hall–Kier alpha value is -0.730. The highest BCUT2D eigenvalue weighted by Gasteiger charge is 2.24. The molecule has 1 aliphatic heterocycles. The minimum absolute atomic E-state index is 0.0454. The van der Waals surface area contributed by atoms with E-state index in [2.05, 4.69) is 44.1 Å². The third-order valence-corrected chi connectivity index (χ3v) is 5.27. The quantitative estimate of drug-likeness (QED) is 0.736. The van der Waals surface area contributed by atoms with Crippen LogP contribution >= 0.6 is 43.6 Å². The number of hydrogen-bond donors (Lipinski definition) is 2. The van der Waals surface area contributed by atoms with Crippen molar-refractivity contribution in [1.82, 2.24) is 4.90 Å². The van der Waals surface area contributed by atoms with Crippen LogP contribution in [-0.4, -0.2) is 46.1 Å². The normalized spacial score (nSPS) is 18.4. The van der Waals surface area contributed by atoms with E-state index in [0.717, 1.165) is 5.75 Å². The smallest absolute Gasteiger partial charge is 0.337 e. The molecule has 1 heterocycles. The number of benzene rings is 1. The molecule has 1 atom stereocenters. The fourth-order valence-corrected chi connectivity index (χ4v) is 4.40. The van der Waals surface area contributed by atoms with Gasteiger partial charge in [0.1, 0.15) is 0 Å². The molecule has 1 fully saturated rings. The predicted octanol–water partition coefficient (Wildman–Crippen LogP) is 3.88. The van der Waals surface area contributed by atoms with Gasteiger partial charge in [-0.05, 0) is 28.1 Å². The number of carbonyl (C=O) groups is 2. The number of nitrogens with one attached hydrogen (secondary N) is 1. The zero-order valence-corrected chi connectivity index (χ0v) is 15.2. The zero-order valence-electron chi connectivity index (χ0n) is 11.2. The van der Waals surface area contributed by atoms with Crippen LogP contribution in [0.2, 0.25) is 0 Å². The van der Waals surface area contributed by atoms with E-state index in [1.54, 1.807) is 11.0 Å². The zero-order chi connectivity index (χ0) is 15.6. The van der Waals surface area contributed by atoms with E-state index in [1.807, 2.05) is 11.8 Å². The molecular weight excluding hydrogens is 424 g/mol. The molecule has 0 aromatic heterocycles. The summed E-state index contributed by atoms with van der Waals surface area (Å²) in [5, 5.41) is 12.4. The van der Waals surface area contributed by atoms with Gasteiger partial charge in [0.05, 0.1) is 11.3 Å². The molecule has 0 bridgehead atoms. The van der Waals surface area contributed by atoms with Gasteiger partial charge in [-0.3, -0.25) is 0 Å².